The zero-order valence-corrected chi connectivity index (χ0v) is 18.1. The van der Waals surface area contributed by atoms with E-state index < -0.39 is 47.4 Å². The fourth-order valence-corrected chi connectivity index (χ4v) is 3.98. The molecule has 3 rings (SSSR count). The van der Waals surface area contributed by atoms with Crippen LogP contribution in [0.15, 0.2) is 36.4 Å². The molecular weight excluding hydrogens is 478 g/mol. The van der Waals surface area contributed by atoms with Gasteiger partial charge in [-0.3, -0.25) is 10.1 Å². The van der Waals surface area contributed by atoms with Gasteiger partial charge in [0, 0.05) is 18.9 Å². The van der Waals surface area contributed by atoms with Crippen LogP contribution in [0.5, 0.6) is 5.75 Å². The van der Waals surface area contributed by atoms with Crippen LogP contribution in [0.4, 0.5) is 32.0 Å². The van der Waals surface area contributed by atoms with Gasteiger partial charge in [0.2, 0.25) is 5.91 Å². The maximum atomic E-state index is 13.7. The van der Waals surface area contributed by atoms with E-state index in [1.807, 2.05) is 6.07 Å². The molecule has 3 atom stereocenters. The summed E-state index contributed by atoms with van der Waals surface area (Å²) in [6, 6.07) is 6.94. The topological polar surface area (TPSA) is 97.9 Å². The average molecular weight is 496 g/mol. The normalized spacial score (nSPS) is 20.1. The van der Waals surface area contributed by atoms with Crippen LogP contribution in [0.1, 0.15) is 41.5 Å². The number of anilines is 1. The van der Waals surface area contributed by atoms with Crippen molar-refractivity contribution in [2.75, 3.05) is 11.9 Å². The molecule has 0 radical (unpaired) electrons. The van der Waals surface area contributed by atoms with Crippen molar-refractivity contribution in [3.8, 4) is 17.9 Å². The number of rotatable bonds is 5. The van der Waals surface area contributed by atoms with Crippen LogP contribution >= 0.6 is 0 Å². The van der Waals surface area contributed by atoms with Gasteiger partial charge in [-0.05, 0) is 42.3 Å². The summed E-state index contributed by atoms with van der Waals surface area (Å²) in [4.78, 5) is 11.4. The molecule has 12 heteroatoms. The summed E-state index contributed by atoms with van der Waals surface area (Å²) in [5, 5.41) is 22.8. The van der Waals surface area contributed by atoms with Gasteiger partial charge in [-0.15, -0.1) is 0 Å². The second-order valence-electron chi connectivity index (χ2n) is 7.95. The van der Waals surface area contributed by atoms with Crippen LogP contribution in [0.2, 0.25) is 0 Å². The van der Waals surface area contributed by atoms with Gasteiger partial charge in [0.15, 0.2) is 0 Å². The Morgan fingerprint density at radius 1 is 1.11 bits per heavy atom. The highest BCUT2D eigenvalue weighted by Gasteiger charge is 2.51. The number of hydrogen-bond donors (Lipinski definition) is 2. The second-order valence-corrected chi connectivity index (χ2v) is 7.95. The molecule has 0 saturated carbocycles. The molecule has 2 aromatic carbocycles. The van der Waals surface area contributed by atoms with Crippen molar-refractivity contribution in [3.05, 3.63) is 58.7 Å². The highest BCUT2D eigenvalue weighted by Crippen LogP contribution is 2.42. The molecule has 1 amide bonds. The maximum absolute atomic E-state index is 13.7. The van der Waals surface area contributed by atoms with E-state index in [1.54, 1.807) is 0 Å². The molecule has 1 heterocycles. The lowest BCUT2D eigenvalue weighted by molar-refractivity contribution is -0.156. The summed E-state index contributed by atoms with van der Waals surface area (Å²) in [5.74, 6) is -1.69. The third-order valence-electron chi connectivity index (χ3n) is 5.47. The van der Waals surface area contributed by atoms with Gasteiger partial charge in [0.1, 0.15) is 18.4 Å². The van der Waals surface area contributed by atoms with Gasteiger partial charge in [-0.1, -0.05) is 6.07 Å². The molecule has 6 nitrogen and oxygen atoms in total. The molecule has 2 aromatic rings. The van der Waals surface area contributed by atoms with Gasteiger partial charge in [0.05, 0.1) is 34.5 Å². The van der Waals surface area contributed by atoms with E-state index in [0.29, 0.717) is 6.07 Å². The lowest BCUT2D eigenvalue weighted by Crippen LogP contribution is -2.44. The molecule has 184 valence electrons. The Hall–Kier alpha value is -3.77. The first-order valence-corrected chi connectivity index (χ1v) is 10.2. The number of carbonyl (C=O) groups excluding carboxylic acids is 1. The number of alkyl halides is 6. The van der Waals surface area contributed by atoms with E-state index in [0.717, 1.165) is 12.1 Å². The third kappa shape index (κ3) is 6.03. The number of ether oxygens (including phenoxy) is 1. The lowest BCUT2D eigenvalue weighted by Gasteiger charge is -2.23. The molecule has 1 unspecified atom stereocenters. The Bertz CT molecular complexity index is 1200. The molecule has 0 aliphatic carbocycles. The van der Waals surface area contributed by atoms with E-state index in [4.69, 9.17) is 15.3 Å². The minimum absolute atomic E-state index is 0.116. The van der Waals surface area contributed by atoms with Crippen molar-refractivity contribution in [2.45, 2.75) is 43.7 Å². The highest BCUT2D eigenvalue weighted by atomic mass is 19.4. The van der Waals surface area contributed by atoms with Crippen LogP contribution in [-0.2, 0) is 11.0 Å². The zero-order valence-electron chi connectivity index (χ0n) is 18.1. The number of carbonyl (C=O) groups is 1. The number of amides is 1. The molecular formula is C23H18F6N4O2. The predicted molar refractivity (Wildman–Crippen MR) is 111 cm³/mol. The largest absolute Gasteiger partial charge is 0.490 e. The van der Waals surface area contributed by atoms with Crippen LogP contribution < -0.4 is 15.4 Å². The number of nitriles is 2. The first kappa shape index (κ1) is 25.8. The monoisotopic (exact) mass is 496 g/mol. The highest BCUT2D eigenvalue weighted by molar-refractivity contribution is 5.90. The lowest BCUT2D eigenvalue weighted by atomic mass is 9.88. The SMILES string of the molecule is CC(=O)Nc1cc(C#N)ccc1OC[C@@H]1CC(c2ccc(C#N)c(C(F)(F)F)c2)[C@H](C(F)(F)F)N1. The smallest absolute Gasteiger partial charge is 0.417 e. The summed E-state index contributed by atoms with van der Waals surface area (Å²) in [5.41, 5.74) is -1.80. The Morgan fingerprint density at radius 2 is 1.83 bits per heavy atom. The molecule has 0 spiro atoms. The number of hydrogen-bond acceptors (Lipinski definition) is 5. The number of benzene rings is 2. The molecule has 1 saturated heterocycles. The Labute approximate surface area is 196 Å². The quantitative estimate of drug-likeness (QED) is 0.576. The van der Waals surface area contributed by atoms with Crippen LogP contribution in [-0.4, -0.2) is 30.8 Å². The maximum Gasteiger partial charge on any atom is 0.417 e. The van der Waals surface area contributed by atoms with Gasteiger partial charge < -0.3 is 10.1 Å². The molecule has 0 aromatic heterocycles. The van der Waals surface area contributed by atoms with Gasteiger partial charge in [-0.2, -0.15) is 36.9 Å². The Morgan fingerprint density at radius 3 is 2.40 bits per heavy atom. The Kier molecular flexibility index (Phi) is 7.27. The third-order valence-corrected chi connectivity index (χ3v) is 5.47. The molecule has 1 aliphatic heterocycles. The van der Waals surface area contributed by atoms with Crippen molar-refractivity contribution in [3.63, 3.8) is 0 Å². The fraction of sp³-hybridized carbons (Fsp3) is 0.348. The first-order valence-electron chi connectivity index (χ1n) is 10.2. The number of nitrogens with one attached hydrogen (secondary N) is 2. The van der Waals surface area contributed by atoms with E-state index in [-0.39, 0.29) is 35.6 Å². The van der Waals surface area contributed by atoms with E-state index in [9.17, 15) is 31.1 Å². The minimum Gasteiger partial charge on any atom is -0.490 e. The van der Waals surface area contributed by atoms with E-state index in [2.05, 4.69) is 10.6 Å². The van der Waals surface area contributed by atoms with E-state index in [1.165, 1.54) is 31.2 Å². The second kappa shape index (κ2) is 9.84. The van der Waals surface area contributed by atoms with Crippen molar-refractivity contribution < 1.29 is 35.9 Å². The molecule has 0 bridgehead atoms. The van der Waals surface area contributed by atoms with Crippen LogP contribution in [0.3, 0.4) is 0 Å². The Balaban J connectivity index is 1.86. The number of halogens is 6. The van der Waals surface area contributed by atoms with Crippen LogP contribution in [0, 0.1) is 22.7 Å². The van der Waals surface area contributed by atoms with Gasteiger partial charge in [-0.25, -0.2) is 0 Å². The average Bonchev–Trinajstić information content (AvgIpc) is 3.21. The summed E-state index contributed by atoms with van der Waals surface area (Å²) in [6.45, 7) is 0.941. The van der Waals surface area contributed by atoms with Crippen molar-refractivity contribution >= 4 is 11.6 Å². The summed E-state index contributed by atoms with van der Waals surface area (Å²) in [6.07, 6.45) is -9.86. The standard InChI is InChI=1S/C23H18F6N4O2/c1-12(34)32-19-6-13(9-30)2-5-20(19)35-11-16-8-17(21(33-16)23(27,28)29)14-3-4-15(10-31)18(7-14)22(24,25)26/h2-7,16-17,21,33H,8,11H2,1H3,(H,32,34)/t16-,17?,21+/m0/s1. The molecule has 2 N–H and O–H groups in total. The fourth-order valence-electron chi connectivity index (χ4n) is 3.98. The van der Waals surface area contributed by atoms with Gasteiger partial charge >= 0.3 is 12.4 Å². The van der Waals surface area contributed by atoms with Crippen LogP contribution in [0.25, 0.3) is 0 Å². The first-order chi connectivity index (χ1) is 16.3. The van der Waals surface area contributed by atoms with Crippen molar-refractivity contribution in [2.24, 2.45) is 0 Å². The van der Waals surface area contributed by atoms with Crippen molar-refractivity contribution in [1.29, 1.82) is 10.5 Å². The molecule has 35 heavy (non-hydrogen) atoms. The predicted octanol–water partition coefficient (Wildman–Crippen LogP) is 4.86. The molecule has 1 fully saturated rings. The minimum atomic E-state index is -4.90. The zero-order chi connectivity index (χ0) is 26.0. The van der Waals surface area contributed by atoms with E-state index >= 15 is 0 Å². The summed E-state index contributed by atoms with van der Waals surface area (Å²) < 4.78 is 86.9. The van der Waals surface area contributed by atoms with Crippen molar-refractivity contribution in [1.82, 2.24) is 5.32 Å². The number of nitrogens with zero attached hydrogens (tertiary/aromatic N) is 2. The van der Waals surface area contributed by atoms with Gasteiger partial charge in [0.25, 0.3) is 0 Å². The molecule has 1 aliphatic rings. The summed E-state index contributed by atoms with van der Waals surface area (Å²) in [7, 11) is 0. The summed E-state index contributed by atoms with van der Waals surface area (Å²) >= 11 is 0.